The molecule has 1 aliphatic rings. The van der Waals surface area contributed by atoms with E-state index in [1.54, 1.807) is 14.2 Å². The van der Waals surface area contributed by atoms with Gasteiger partial charge < -0.3 is 24.4 Å². The molecule has 162 valence electrons. The summed E-state index contributed by atoms with van der Waals surface area (Å²) in [6, 6.07) is 13.4. The van der Waals surface area contributed by atoms with Crippen molar-refractivity contribution in [2.24, 2.45) is 0 Å². The predicted octanol–water partition coefficient (Wildman–Crippen LogP) is 3.71. The van der Waals surface area contributed by atoms with Gasteiger partial charge in [-0.1, -0.05) is 36.4 Å². The number of halogens is 1. The van der Waals surface area contributed by atoms with E-state index < -0.39 is 0 Å². The van der Waals surface area contributed by atoms with Crippen LogP contribution in [0.4, 0.5) is 0 Å². The number of nitrogens with zero attached hydrogens (tertiary/aromatic N) is 1. The van der Waals surface area contributed by atoms with Crippen molar-refractivity contribution in [1.29, 1.82) is 0 Å². The standard InChI is InChI=1S/C23H28N2O4.ClH/c1-4-7-17-10-11-21(22(14-17)28-3)29-16-23(26)25-13-12-24-15-19(25)18-8-5-6-9-20(18)27-2;/h4-11,14,19,24H,12-13,15-16H2,1-3H3;1H/b7-4+;. The molecular formula is C23H29ClN2O4. The average Bonchev–Trinajstić information content (AvgIpc) is 2.78. The lowest BCUT2D eigenvalue weighted by Gasteiger charge is -2.37. The number of nitrogens with one attached hydrogen (secondary N) is 1. The molecule has 0 spiro atoms. The Balaban J connectivity index is 0.00000320. The topological polar surface area (TPSA) is 60.0 Å². The smallest absolute Gasteiger partial charge is 0.261 e. The Morgan fingerprint density at radius 3 is 2.63 bits per heavy atom. The summed E-state index contributed by atoms with van der Waals surface area (Å²) in [6.45, 7) is 3.95. The Kier molecular flexibility index (Phi) is 9.02. The molecule has 1 heterocycles. The van der Waals surface area contributed by atoms with Crippen LogP contribution in [0, 0.1) is 0 Å². The molecule has 2 aromatic carbocycles. The van der Waals surface area contributed by atoms with Crippen molar-refractivity contribution in [2.45, 2.75) is 13.0 Å². The van der Waals surface area contributed by atoms with Crippen LogP contribution in [-0.4, -0.2) is 51.3 Å². The molecule has 0 radical (unpaired) electrons. The maximum atomic E-state index is 13.0. The monoisotopic (exact) mass is 432 g/mol. The quantitative estimate of drug-likeness (QED) is 0.722. The van der Waals surface area contributed by atoms with Gasteiger partial charge in [-0.05, 0) is 30.7 Å². The lowest BCUT2D eigenvalue weighted by atomic mass is 10.0. The highest BCUT2D eigenvalue weighted by Crippen LogP contribution is 2.31. The van der Waals surface area contributed by atoms with Crippen LogP contribution in [-0.2, 0) is 4.79 Å². The van der Waals surface area contributed by atoms with E-state index in [4.69, 9.17) is 14.2 Å². The first-order valence-corrected chi connectivity index (χ1v) is 9.74. The van der Waals surface area contributed by atoms with Gasteiger partial charge in [0.15, 0.2) is 18.1 Å². The zero-order valence-electron chi connectivity index (χ0n) is 17.6. The first-order chi connectivity index (χ1) is 14.2. The average molecular weight is 433 g/mol. The number of piperazine rings is 1. The van der Waals surface area contributed by atoms with Crippen LogP contribution in [0.1, 0.15) is 24.1 Å². The Morgan fingerprint density at radius 2 is 1.90 bits per heavy atom. The molecule has 7 heteroatoms. The van der Waals surface area contributed by atoms with Gasteiger partial charge in [-0.25, -0.2) is 0 Å². The van der Waals surface area contributed by atoms with Gasteiger partial charge in [0.05, 0.1) is 20.3 Å². The number of ether oxygens (including phenoxy) is 3. The van der Waals surface area contributed by atoms with Gasteiger partial charge in [0.25, 0.3) is 5.91 Å². The van der Waals surface area contributed by atoms with Crippen LogP contribution in [0.5, 0.6) is 17.2 Å². The molecule has 3 rings (SSSR count). The summed E-state index contributed by atoms with van der Waals surface area (Å²) in [7, 11) is 3.24. The summed E-state index contributed by atoms with van der Waals surface area (Å²) in [5.74, 6) is 1.87. The lowest BCUT2D eigenvalue weighted by molar-refractivity contribution is -0.136. The fourth-order valence-corrected chi connectivity index (χ4v) is 3.54. The van der Waals surface area contributed by atoms with E-state index in [-0.39, 0.29) is 31.0 Å². The highest BCUT2D eigenvalue weighted by Gasteiger charge is 2.30. The summed E-state index contributed by atoms with van der Waals surface area (Å²) in [4.78, 5) is 14.9. The molecule has 0 saturated carbocycles. The molecule has 2 aromatic rings. The van der Waals surface area contributed by atoms with E-state index in [9.17, 15) is 4.79 Å². The summed E-state index contributed by atoms with van der Waals surface area (Å²) in [5, 5.41) is 3.36. The first kappa shape index (κ1) is 23.6. The second-order valence-corrected chi connectivity index (χ2v) is 6.75. The van der Waals surface area contributed by atoms with E-state index in [2.05, 4.69) is 5.32 Å². The minimum absolute atomic E-state index is 0. The van der Waals surface area contributed by atoms with Crippen LogP contribution in [0.25, 0.3) is 6.08 Å². The summed E-state index contributed by atoms with van der Waals surface area (Å²) < 4.78 is 16.7. The van der Waals surface area contributed by atoms with Gasteiger partial charge in [0, 0.05) is 25.2 Å². The van der Waals surface area contributed by atoms with Gasteiger partial charge in [-0.2, -0.15) is 0 Å². The summed E-state index contributed by atoms with van der Waals surface area (Å²) >= 11 is 0. The van der Waals surface area contributed by atoms with Crippen molar-refractivity contribution < 1.29 is 19.0 Å². The molecule has 1 N–H and O–H groups in total. The van der Waals surface area contributed by atoms with Crippen molar-refractivity contribution in [2.75, 3.05) is 40.5 Å². The van der Waals surface area contributed by atoms with Crippen LogP contribution >= 0.6 is 12.4 Å². The number of carbonyl (C=O) groups excluding carboxylic acids is 1. The largest absolute Gasteiger partial charge is 0.496 e. The number of rotatable bonds is 7. The molecule has 0 aliphatic carbocycles. The van der Waals surface area contributed by atoms with Gasteiger partial charge in [0.2, 0.25) is 0 Å². The van der Waals surface area contributed by atoms with Gasteiger partial charge in [-0.3, -0.25) is 4.79 Å². The highest BCUT2D eigenvalue weighted by molar-refractivity contribution is 5.85. The maximum absolute atomic E-state index is 13.0. The Labute approximate surface area is 184 Å². The molecule has 1 unspecified atom stereocenters. The molecule has 30 heavy (non-hydrogen) atoms. The van der Waals surface area contributed by atoms with Gasteiger partial charge in [0.1, 0.15) is 5.75 Å². The zero-order valence-corrected chi connectivity index (χ0v) is 18.4. The Bertz CT molecular complexity index is 872. The molecule has 1 fully saturated rings. The van der Waals surface area contributed by atoms with E-state index in [0.29, 0.717) is 24.6 Å². The molecule has 0 aromatic heterocycles. The van der Waals surface area contributed by atoms with Crippen molar-refractivity contribution in [3.05, 3.63) is 59.7 Å². The minimum Gasteiger partial charge on any atom is -0.496 e. The van der Waals surface area contributed by atoms with Crippen LogP contribution in [0.3, 0.4) is 0 Å². The fourth-order valence-electron chi connectivity index (χ4n) is 3.54. The SMILES string of the molecule is C/C=C/c1ccc(OCC(=O)N2CCNCC2c2ccccc2OC)c(OC)c1.Cl. The molecule has 1 atom stereocenters. The van der Waals surface area contributed by atoms with E-state index in [1.165, 1.54) is 0 Å². The molecule has 0 bridgehead atoms. The van der Waals surface area contributed by atoms with E-state index in [0.717, 1.165) is 23.4 Å². The highest BCUT2D eigenvalue weighted by atomic mass is 35.5. The second kappa shape index (κ2) is 11.5. The van der Waals surface area contributed by atoms with Crippen LogP contribution < -0.4 is 19.5 Å². The number of benzene rings is 2. The summed E-state index contributed by atoms with van der Waals surface area (Å²) in [5.41, 5.74) is 2.00. The number of allylic oxidation sites excluding steroid dienone is 1. The Hall–Kier alpha value is -2.70. The maximum Gasteiger partial charge on any atom is 0.261 e. The van der Waals surface area contributed by atoms with Gasteiger partial charge in [-0.15, -0.1) is 12.4 Å². The zero-order chi connectivity index (χ0) is 20.6. The summed E-state index contributed by atoms with van der Waals surface area (Å²) in [6.07, 6.45) is 3.94. The number of hydrogen-bond acceptors (Lipinski definition) is 5. The van der Waals surface area contributed by atoms with Crippen molar-refractivity contribution in [3.63, 3.8) is 0 Å². The van der Waals surface area contributed by atoms with Crippen molar-refractivity contribution in [1.82, 2.24) is 10.2 Å². The number of hydrogen-bond donors (Lipinski definition) is 1. The van der Waals surface area contributed by atoms with Crippen LogP contribution in [0.2, 0.25) is 0 Å². The number of methoxy groups -OCH3 is 2. The van der Waals surface area contributed by atoms with Crippen molar-refractivity contribution >= 4 is 24.4 Å². The van der Waals surface area contributed by atoms with Crippen molar-refractivity contribution in [3.8, 4) is 17.2 Å². The lowest BCUT2D eigenvalue weighted by Crippen LogP contribution is -2.50. The molecule has 1 aliphatic heterocycles. The third kappa shape index (κ3) is 5.46. The van der Waals surface area contributed by atoms with E-state index >= 15 is 0 Å². The number of amides is 1. The molecule has 1 saturated heterocycles. The van der Waals surface area contributed by atoms with E-state index in [1.807, 2.05) is 66.4 Å². The molecule has 6 nitrogen and oxygen atoms in total. The fraction of sp³-hybridized carbons (Fsp3) is 0.348. The second-order valence-electron chi connectivity index (χ2n) is 6.75. The first-order valence-electron chi connectivity index (χ1n) is 9.74. The number of para-hydroxylation sites is 1. The molecular weight excluding hydrogens is 404 g/mol. The Morgan fingerprint density at radius 1 is 1.13 bits per heavy atom. The number of carbonyl (C=O) groups is 1. The van der Waals surface area contributed by atoms with Gasteiger partial charge >= 0.3 is 0 Å². The normalized spacial score (nSPS) is 16.1. The minimum atomic E-state index is -0.102. The third-order valence-electron chi connectivity index (χ3n) is 4.96. The third-order valence-corrected chi connectivity index (χ3v) is 4.96. The van der Waals surface area contributed by atoms with Crippen LogP contribution in [0.15, 0.2) is 48.5 Å². The molecule has 1 amide bonds. The predicted molar refractivity (Wildman–Crippen MR) is 121 cm³/mol.